The van der Waals surface area contributed by atoms with E-state index < -0.39 is 0 Å². The Kier molecular flexibility index (Phi) is 2.70. The first-order valence-corrected chi connectivity index (χ1v) is 6.16. The summed E-state index contributed by atoms with van der Waals surface area (Å²) in [6.45, 7) is 0. The molecule has 0 amide bonds. The van der Waals surface area contributed by atoms with E-state index in [2.05, 4.69) is 5.16 Å². The van der Waals surface area contributed by atoms with Gasteiger partial charge in [0.25, 0.3) is 0 Å². The molecule has 0 bridgehead atoms. The second-order valence-corrected chi connectivity index (χ2v) is 4.74. The van der Waals surface area contributed by atoms with Gasteiger partial charge in [-0.2, -0.15) is 0 Å². The number of hydrogen-bond acceptors (Lipinski definition) is 4. The van der Waals surface area contributed by atoms with E-state index in [9.17, 15) is 0 Å². The smallest absolute Gasteiger partial charge is 0.230 e. The quantitative estimate of drug-likeness (QED) is 0.898. The normalized spacial score (nSPS) is 14.7. The number of nitrogens with two attached hydrogens (primary N) is 1. The second-order valence-electron chi connectivity index (χ2n) is 4.74. The van der Waals surface area contributed by atoms with Crippen molar-refractivity contribution in [2.75, 3.05) is 12.8 Å². The maximum Gasteiger partial charge on any atom is 0.230 e. The second kappa shape index (κ2) is 4.37. The Balaban J connectivity index is 1.95. The summed E-state index contributed by atoms with van der Waals surface area (Å²) in [7, 11) is 1.65. The van der Waals surface area contributed by atoms with E-state index in [1.54, 1.807) is 7.11 Å². The van der Waals surface area contributed by atoms with Crippen LogP contribution in [0.15, 0.2) is 28.8 Å². The summed E-state index contributed by atoms with van der Waals surface area (Å²) >= 11 is 0. The Labute approximate surface area is 106 Å². The van der Waals surface area contributed by atoms with E-state index >= 15 is 0 Å². The topological polar surface area (TPSA) is 61.3 Å². The molecule has 2 aromatic rings. The number of benzene rings is 1. The first-order chi connectivity index (χ1) is 8.78. The lowest BCUT2D eigenvalue weighted by Gasteiger charge is -2.04. The van der Waals surface area contributed by atoms with Gasteiger partial charge in [-0.15, -0.1) is 0 Å². The number of aromatic nitrogens is 1. The molecular weight excluding hydrogens is 228 g/mol. The van der Waals surface area contributed by atoms with E-state index in [0.29, 0.717) is 5.88 Å². The van der Waals surface area contributed by atoms with Crippen LogP contribution in [0.3, 0.4) is 0 Å². The zero-order chi connectivity index (χ0) is 12.5. The summed E-state index contributed by atoms with van der Waals surface area (Å²) in [5.41, 5.74) is 8.82. The molecule has 1 aromatic carbocycles. The Morgan fingerprint density at radius 2 is 2.06 bits per heavy atom. The minimum Gasteiger partial charge on any atom is -0.497 e. The van der Waals surface area contributed by atoms with Crippen LogP contribution >= 0.6 is 0 Å². The highest BCUT2D eigenvalue weighted by Crippen LogP contribution is 2.37. The molecular formula is C14H16N2O2. The molecule has 2 N–H and O–H groups in total. The van der Waals surface area contributed by atoms with Crippen molar-refractivity contribution in [3.63, 3.8) is 0 Å². The van der Waals surface area contributed by atoms with Crippen LogP contribution in [0, 0.1) is 5.92 Å². The third kappa shape index (κ3) is 2.06. The molecule has 4 heteroatoms. The highest BCUT2D eigenvalue weighted by molar-refractivity contribution is 5.75. The molecule has 1 saturated carbocycles. The predicted octanol–water partition coefficient (Wildman–Crippen LogP) is 2.88. The molecule has 1 aliphatic rings. The van der Waals surface area contributed by atoms with Gasteiger partial charge in [0.15, 0.2) is 0 Å². The Bertz CT molecular complexity index is 541. The molecule has 1 fully saturated rings. The number of anilines is 1. The van der Waals surface area contributed by atoms with Gasteiger partial charge in [0.1, 0.15) is 5.75 Å². The molecule has 0 unspecified atom stereocenters. The highest BCUT2D eigenvalue weighted by Gasteiger charge is 2.26. The number of rotatable bonds is 4. The molecule has 1 aliphatic carbocycles. The fourth-order valence-electron chi connectivity index (χ4n) is 2.14. The minimum absolute atomic E-state index is 0.399. The van der Waals surface area contributed by atoms with Gasteiger partial charge in [-0.1, -0.05) is 17.3 Å². The van der Waals surface area contributed by atoms with Crippen molar-refractivity contribution in [3.05, 3.63) is 30.0 Å². The average molecular weight is 244 g/mol. The van der Waals surface area contributed by atoms with Gasteiger partial charge >= 0.3 is 0 Å². The van der Waals surface area contributed by atoms with Crippen molar-refractivity contribution in [1.29, 1.82) is 0 Å². The van der Waals surface area contributed by atoms with Crippen molar-refractivity contribution >= 4 is 5.88 Å². The van der Waals surface area contributed by atoms with Gasteiger partial charge in [0.05, 0.1) is 18.4 Å². The molecule has 0 radical (unpaired) electrons. The molecule has 1 heterocycles. The number of nitrogen functional groups attached to an aromatic ring is 1. The van der Waals surface area contributed by atoms with E-state index in [4.69, 9.17) is 15.0 Å². The fraction of sp³-hybridized carbons (Fsp3) is 0.357. The van der Waals surface area contributed by atoms with Gasteiger partial charge in [0, 0.05) is 0 Å². The van der Waals surface area contributed by atoms with Crippen molar-refractivity contribution < 1.29 is 9.26 Å². The average Bonchev–Trinajstić information content (AvgIpc) is 3.13. The van der Waals surface area contributed by atoms with Crippen LogP contribution in [-0.4, -0.2) is 12.3 Å². The van der Waals surface area contributed by atoms with Crippen LogP contribution in [0.1, 0.15) is 18.5 Å². The van der Waals surface area contributed by atoms with Crippen LogP contribution in [0.25, 0.3) is 11.1 Å². The van der Waals surface area contributed by atoms with Crippen molar-refractivity contribution in [3.8, 4) is 16.9 Å². The maximum atomic E-state index is 5.88. The summed E-state index contributed by atoms with van der Waals surface area (Å²) in [6.07, 6.45) is 3.53. The maximum absolute atomic E-state index is 5.88. The van der Waals surface area contributed by atoms with Crippen LogP contribution in [0.4, 0.5) is 5.88 Å². The third-order valence-electron chi connectivity index (χ3n) is 3.35. The van der Waals surface area contributed by atoms with Crippen LogP contribution in [0.5, 0.6) is 5.75 Å². The molecule has 94 valence electrons. The van der Waals surface area contributed by atoms with E-state index in [-0.39, 0.29) is 0 Å². The number of methoxy groups -OCH3 is 1. The lowest BCUT2D eigenvalue weighted by atomic mass is 10.0. The SMILES string of the molecule is COc1ccc(-c2c(CC3CC3)noc2N)cc1. The molecule has 3 rings (SSSR count). The van der Waals surface area contributed by atoms with Crippen molar-refractivity contribution in [2.45, 2.75) is 19.3 Å². The van der Waals surface area contributed by atoms with Crippen molar-refractivity contribution in [2.24, 2.45) is 5.92 Å². The molecule has 0 aliphatic heterocycles. The van der Waals surface area contributed by atoms with Gasteiger partial charge in [-0.25, -0.2) is 0 Å². The molecule has 0 atom stereocenters. The molecule has 18 heavy (non-hydrogen) atoms. The minimum atomic E-state index is 0.399. The number of ether oxygens (including phenoxy) is 1. The zero-order valence-electron chi connectivity index (χ0n) is 10.3. The van der Waals surface area contributed by atoms with Gasteiger partial charge in [-0.05, 0) is 42.9 Å². The van der Waals surface area contributed by atoms with E-state index in [1.807, 2.05) is 24.3 Å². The van der Waals surface area contributed by atoms with Crippen LogP contribution in [0.2, 0.25) is 0 Å². The zero-order valence-corrected chi connectivity index (χ0v) is 10.3. The molecule has 0 saturated heterocycles. The largest absolute Gasteiger partial charge is 0.497 e. The lowest BCUT2D eigenvalue weighted by Crippen LogP contribution is -1.93. The Morgan fingerprint density at radius 3 is 2.67 bits per heavy atom. The fourth-order valence-corrected chi connectivity index (χ4v) is 2.14. The Hall–Kier alpha value is -1.97. The first-order valence-electron chi connectivity index (χ1n) is 6.16. The molecule has 4 nitrogen and oxygen atoms in total. The summed E-state index contributed by atoms with van der Waals surface area (Å²) in [5, 5.41) is 4.08. The number of hydrogen-bond donors (Lipinski definition) is 1. The third-order valence-corrected chi connectivity index (χ3v) is 3.35. The highest BCUT2D eigenvalue weighted by atomic mass is 16.5. The van der Waals surface area contributed by atoms with Crippen molar-refractivity contribution in [1.82, 2.24) is 5.16 Å². The standard InChI is InChI=1S/C14H16N2O2/c1-17-11-6-4-10(5-7-11)13-12(8-9-2-3-9)16-18-14(13)15/h4-7,9H,2-3,8,15H2,1H3. The summed E-state index contributed by atoms with van der Waals surface area (Å²) in [5.74, 6) is 1.99. The Morgan fingerprint density at radius 1 is 1.33 bits per heavy atom. The monoisotopic (exact) mass is 244 g/mol. The summed E-state index contributed by atoms with van der Waals surface area (Å²) in [6, 6.07) is 7.81. The van der Waals surface area contributed by atoms with E-state index in [0.717, 1.165) is 34.9 Å². The van der Waals surface area contributed by atoms with Gasteiger partial charge in [-0.3, -0.25) is 0 Å². The van der Waals surface area contributed by atoms with E-state index in [1.165, 1.54) is 12.8 Å². The molecule has 1 aromatic heterocycles. The van der Waals surface area contributed by atoms with Crippen LogP contribution in [-0.2, 0) is 6.42 Å². The van der Waals surface area contributed by atoms with Gasteiger partial charge in [0.2, 0.25) is 5.88 Å². The lowest BCUT2D eigenvalue weighted by molar-refractivity contribution is 0.415. The first kappa shape index (κ1) is 11.1. The summed E-state index contributed by atoms with van der Waals surface area (Å²) in [4.78, 5) is 0. The molecule has 0 spiro atoms. The predicted molar refractivity (Wildman–Crippen MR) is 69.3 cm³/mol. The number of nitrogens with zero attached hydrogens (tertiary/aromatic N) is 1. The van der Waals surface area contributed by atoms with Gasteiger partial charge < -0.3 is 15.0 Å². The summed E-state index contributed by atoms with van der Waals surface area (Å²) < 4.78 is 10.3. The van der Waals surface area contributed by atoms with Crippen LogP contribution < -0.4 is 10.5 Å².